The molecule has 0 fully saturated rings. The summed E-state index contributed by atoms with van der Waals surface area (Å²) in [6.07, 6.45) is -7.36. The van der Waals surface area contributed by atoms with Crippen LogP contribution in [0.2, 0.25) is 0 Å². The molecule has 0 spiro atoms. The number of benzene rings is 1. The van der Waals surface area contributed by atoms with E-state index in [1.807, 2.05) is 0 Å². The van der Waals surface area contributed by atoms with E-state index in [0.29, 0.717) is 0 Å². The summed E-state index contributed by atoms with van der Waals surface area (Å²) in [5, 5.41) is 9.02. The SMILES string of the molecule is COc1ccccc1[C@@H](N)[C@@H](O)C(F)(F)F. The summed E-state index contributed by atoms with van der Waals surface area (Å²) >= 11 is 0. The molecule has 0 aliphatic heterocycles. The Kier molecular flexibility index (Phi) is 3.77. The van der Waals surface area contributed by atoms with Crippen molar-refractivity contribution in [3.63, 3.8) is 0 Å². The molecule has 1 rings (SSSR count). The van der Waals surface area contributed by atoms with Gasteiger partial charge in [-0.15, -0.1) is 0 Å². The van der Waals surface area contributed by atoms with Crippen molar-refractivity contribution in [1.82, 2.24) is 0 Å². The first kappa shape index (κ1) is 12.8. The van der Waals surface area contributed by atoms with Crippen molar-refractivity contribution in [1.29, 1.82) is 0 Å². The van der Waals surface area contributed by atoms with Crippen molar-refractivity contribution in [2.24, 2.45) is 5.73 Å². The molecule has 0 saturated heterocycles. The standard InChI is InChI=1S/C10H12F3NO2/c1-16-7-5-3-2-4-6(7)8(14)9(15)10(11,12)13/h2-5,8-9,15H,14H2,1H3/t8-,9-/m1/s1. The van der Waals surface area contributed by atoms with Crippen LogP contribution < -0.4 is 10.5 Å². The number of methoxy groups -OCH3 is 1. The Morgan fingerprint density at radius 3 is 2.38 bits per heavy atom. The number of halogens is 3. The molecular weight excluding hydrogens is 223 g/mol. The Hall–Kier alpha value is -1.27. The Bertz CT molecular complexity index is 354. The lowest BCUT2D eigenvalue weighted by Crippen LogP contribution is -2.38. The summed E-state index contributed by atoms with van der Waals surface area (Å²) in [5.41, 5.74) is 5.47. The van der Waals surface area contributed by atoms with Gasteiger partial charge in [0.15, 0.2) is 6.10 Å². The molecule has 2 atom stereocenters. The molecule has 0 heterocycles. The highest BCUT2D eigenvalue weighted by Gasteiger charge is 2.43. The normalized spacial score (nSPS) is 15.6. The van der Waals surface area contributed by atoms with Crippen LogP contribution in [0.25, 0.3) is 0 Å². The molecule has 16 heavy (non-hydrogen) atoms. The van der Waals surface area contributed by atoms with Crippen molar-refractivity contribution in [2.75, 3.05) is 7.11 Å². The van der Waals surface area contributed by atoms with Gasteiger partial charge in [-0.05, 0) is 6.07 Å². The number of alkyl halides is 3. The number of nitrogens with two attached hydrogens (primary N) is 1. The van der Waals surface area contributed by atoms with Crippen molar-refractivity contribution < 1.29 is 23.0 Å². The van der Waals surface area contributed by atoms with Gasteiger partial charge in [-0.2, -0.15) is 13.2 Å². The molecule has 0 unspecified atom stereocenters. The van der Waals surface area contributed by atoms with Crippen molar-refractivity contribution in [2.45, 2.75) is 18.3 Å². The van der Waals surface area contributed by atoms with Crippen molar-refractivity contribution >= 4 is 0 Å². The van der Waals surface area contributed by atoms with Crippen LogP contribution in [0.3, 0.4) is 0 Å². The smallest absolute Gasteiger partial charge is 0.416 e. The van der Waals surface area contributed by atoms with Crippen molar-refractivity contribution in [3.8, 4) is 5.75 Å². The second kappa shape index (κ2) is 4.71. The number of hydrogen-bond acceptors (Lipinski definition) is 3. The fourth-order valence-corrected chi connectivity index (χ4v) is 1.32. The van der Waals surface area contributed by atoms with E-state index in [0.717, 1.165) is 0 Å². The lowest BCUT2D eigenvalue weighted by Gasteiger charge is -2.22. The zero-order valence-corrected chi connectivity index (χ0v) is 8.53. The third kappa shape index (κ3) is 2.65. The third-order valence-electron chi connectivity index (χ3n) is 2.17. The molecule has 0 radical (unpaired) electrons. The Morgan fingerprint density at radius 2 is 1.88 bits per heavy atom. The molecule has 0 bridgehead atoms. The van der Waals surface area contributed by atoms with Crippen LogP contribution in [0.15, 0.2) is 24.3 Å². The lowest BCUT2D eigenvalue weighted by molar-refractivity contribution is -0.210. The topological polar surface area (TPSA) is 55.5 Å². The predicted molar refractivity (Wildman–Crippen MR) is 52.0 cm³/mol. The average Bonchev–Trinajstić information content (AvgIpc) is 2.25. The number of ether oxygens (including phenoxy) is 1. The van der Waals surface area contributed by atoms with E-state index < -0.39 is 18.3 Å². The van der Waals surface area contributed by atoms with E-state index in [2.05, 4.69) is 0 Å². The molecular formula is C10H12F3NO2. The van der Waals surface area contributed by atoms with Crippen LogP contribution in [0.4, 0.5) is 13.2 Å². The van der Waals surface area contributed by atoms with Gasteiger partial charge in [0, 0.05) is 5.56 Å². The first-order chi connectivity index (χ1) is 7.38. The summed E-state index contributed by atoms with van der Waals surface area (Å²) in [7, 11) is 1.32. The van der Waals surface area contributed by atoms with E-state index in [4.69, 9.17) is 15.6 Å². The number of hydrogen-bond donors (Lipinski definition) is 2. The summed E-state index contributed by atoms with van der Waals surface area (Å²) in [6, 6.07) is 4.45. The van der Waals surface area contributed by atoms with Gasteiger partial charge in [0.25, 0.3) is 0 Å². The molecule has 0 aliphatic rings. The van der Waals surface area contributed by atoms with Gasteiger partial charge in [0.05, 0.1) is 13.2 Å². The minimum atomic E-state index is -4.75. The van der Waals surface area contributed by atoms with Gasteiger partial charge in [0.1, 0.15) is 5.75 Å². The van der Waals surface area contributed by atoms with Crippen LogP contribution in [-0.2, 0) is 0 Å². The average molecular weight is 235 g/mol. The third-order valence-corrected chi connectivity index (χ3v) is 2.17. The van der Waals surface area contributed by atoms with Crippen LogP contribution in [0, 0.1) is 0 Å². The van der Waals surface area contributed by atoms with Gasteiger partial charge in [0.2, 0.25) is 0 Å². The minimum Gasteiger partial charge on any atom is -0.496 e. The molecule has 3 N–H and O–H groups in total. The van der Waals surface area contributed by atoms with Crippen LogP contribution in [0.5, 0.6) is 5.75 Å². The van der Waals surface area contributed by atoms with Gasteiger partial charge in [-0.25, -0.2) is 0 Å². The molecule has 0 amide bonds. The van der Waals surface area contributed by atoms with Gasteiger partial charge >= 0.3 is 6.18 Å². The van der Waals surface area contributed by atoms with E-state index >= 15 is 0 Å². The second-order valence-electron chi connectivity index (χ2n) is 3.25. The summed E-state index contributed by atoms with van der Waals surface area (Å²) in [4.78, 5) is 0. The summed E-state index contributed by atoms with van der Waals surface area (Å²) < 4.78 is 41.6. The van der Waals surface area contributed by atoms with E-state index in [1.54, 1.807) is 6.07 Å². The maximum atomic E-state index is 12.3. The molecule has 3 nitrogen and oxygen atoms in total. The highest BCUT2D eigenvalue weighted by Crippen LogP contribution is 2.32. The van der Waals surface area contributed by atoms with Gasteiger partial charge in [-0.1, -0.05) is 18.2 Å². The van der Waals surface area contributed by atoms with E-state index in [-0.39, 0.29) is 11.3 Å². The molecule has 6 heteroatoms. The fraction of sp³-hybridized carbons (Fsp3) is 0.400. The number of aliphatic hydroxyl groups excluding tert-OH is 1. The van der Waals surface area contributed by atoms with Gasteiger partial charge in [-0.3, -0.25) is 0 Å². The lowest BCUT2D eigenvalue weighted by atomic mass is 10.0. The van der Waals surface area contributed by atoms with E-state index in [1.165, 1.54) is 25.3 Å². The zero-order chi connectivity index (χ0) is 12.3. The fourth-order valence-electron chi connectivity index (χ4n) is 1.32. The monoisotopic (exact) mass is 235 g/mol. The largest absolute Gasteiger partial charge is 0.496 e. The number of para-hydroxylation sites is 1. The minimum absolute atomic E-state index is 0.120. The summed E-state index contributed by atoms with van der Waals surface area (Å²) in [6.45, 7) is 0. The second-order valence-corrected chi connectivity index (χ2v) is 3.25. The molecule has 0 saturated carbocycles. The predicted octanol–water partition coefficient (Wildman–Crippen LogP) is 1.62. The Morgan fingerprint density at radius 1 is 1.31 bits per heavy atom. The first-order valence-corrected chi connectivity index (χ1v) is 4.51. The van der Waals surface area contributed by atoms with Crippen molar-refractivity contribution in [3.05, 3.63) is 29.8 Å². The maximum absolute atomic E-state index is 12.3. The molecule has 1 aromatic rings. The highest BCUT2D eigenvalue weighted by molar-refractivity contribution is 5.36. The molecule has 0 aromatic heterocycles. The zero-order valence-electron chi connectivity index (χ0n) is 8.53. The number of aliphatic hydroxyl groups is 1. The molecule has 1 aromatic carbocycles. The quantitative estimate of drug-likeness (QED) is 0.837. The Labute approximate surface area is 90.6 Å². The van der Waals surface area contributed by atoms with Crippen LogP contribution in [0.1, 0.15) is 11.6 Å². The van der Waals surface area contributed by atoms with Gasteiger partial charge < -0.3 is 15.6 Å². The van der Waals surface area contributed by atoms with Crippen LogP contribution in [-0.4, -0.2) is 24.5 Å². The highest BCUT2D eigenvalue weighted by atomic mass is 19.4. The van der Waals surface area contributed by atoms with E-state index in [9.17, 15) is 13.2 Å². The first-order valence-electron chi connectivity index (χ1n) is 4.51. The maximum Gasteiger partial charge on any atom is 0.416 e. The molecule has 90 valence electrons. The number of rotatable bonds is 3. The van der Waals surface area contributed by atoms with Crippen LogP contribution >= 0.6 is 0 Å². The summed E-state index contributed by atoms with van der Waals surface area (Å²) in [5.74, 6) is 0.221. The molecule has 0 aliphatic carbocycles. The Balaban J connectivity index is 3.00.